The Kier molecular flexibility index (Phi) is 4.11. The second kappa shape index (κ2) is 5.78. The Hall–Kier alpha value is -1.67. The molecule has 0 atom stereocenters. The van der Waals surface area contributed by atoms with Gasteiger partial charge in [0.25, 0.3) is 0 Å². The largest absolute Gasteiger partial charge is 0.298 e. The van der Waals surface area contributed by atoms with Crippen molar-refractivity contribution in [3.63, 3.8) is 0 Å². The summed E-state index contributed by atoms with van der Waals surface area (Å²) in [4.78, 5) is 2.19. The van der Waals surface area contributed by atoms with Crippen LogP contribution >= 0.6 is 0 Å². The molecule has 2 heteroatoms. The van der Waals surface area contributed by atoms with E-state index >= 15 is 0 Å². The Morgan fingerprint density at radius 1 is 1.00 bits per heavy atom. The van der Waals surface area contributed by atoms with Crippen LogP contribution in [0.4, 0.5) is 4.39 Å². The van der Waals surface area contributed by atoms with Crippen molar-refractivity contribution in [2.24, 2.45) is 0 Å². The first-order valence-corrected chi connectivity index (χ1v) is 6.12. The predicted octanol–water partition coefficient (Wildman–Crippen LogP) is 3.77. The third-order valence-corrected chi connectivity index (χ3v) is 3.04. The minimum Gasteiger partial charge on any atom is -0.298 e. The third-order valence-electron chi connectivity index (χ3n) is 3.04. The quantitative estimate of drug-likeness (QED) is 0.790. The number of nitrogens with zero attached hydrogens (tertiary/aromatic N) is 1. The molecule has 0 fully saturated rings. The highest BCUT2D eigenvalue weighted by Crippen LogP contribution is 2.12. The maximum atomic E-state index is 13.1. The lowest BCUT2D eigenvalue weighted by Crippen LogP contribution is -2.17. The Balaban J connectivity index is 2.01. The van der Waals surface area contributed by atoms with Crippen LogP contribution < -0.4 is 0 Å². The van der Waals surface area contributed by atoms with E-state index in [1.807, 2.05) is 12.1 Å². The average molecular weight is 243 g/mol. The lowest BCUT2D eigenvalue weighted by Gasteiger charge is -2.18. The SMILES string of the molecule is Cc1ccccc1CN(C)Cc1cccc(F)c1. The maximum absolute atomic E-state index is 13.1. The number of hydrogen-bond donors (Lipinski definition) is 0. The van der Waals surface area contributed by atoms with E-state index in [-0.39, 0.29) is 5.82 Å². The molecule has 0 saturated carbocycles. The number of aryl methyl sites for hydroxylation is 1. The van der Waals surface area contributed by atoms with E-state index in [1.54, 1.807) is 12.1 Å². The van der Waals surface area contributed by atoms with Crippen LogP contribution in [0.15, 0.2) is 48.5 Å². The first-order valence-electron chi connectivity index (χ1n) is 6.12. The zero-order valence-corrected chi connectivity index (χ0v) is 10.9. The Morgan fingerprint density at radius 3 is 2.50 bits per heavy atom. The van der Waals surface area contributed by atoms with Gasteiger partial charge in [-0.05, 0) is 42.8 Å². The smallest absolute Gasteiger partial charge is 0.123 e. The first kappa shape index (κ1) is 12.8. The lowest BCUT2D eigenvalue weighted by molar-refractivity contribution is 0.318. The van der Waals surface area contributed by atoms with E-state index in [2.05, 4.69) is 37.1 Å². The van der Waals surface area contributed by atoms with Crippen LogP contribution in [0.2, 0.25) is 0 Å². The predicted molar refractivity (Wildman–Crippen MR) is 72.8 cm³/mol. The molecular weight excluding hydrogens is 225 g/mol. The molecule has 0 saturated heterocycles. The highest BCUT2D eigenvalue weighted by molar-refractivity contribution is 5.25. The Morgan fingerprint density at radius 2 is 1.78 bits per heavy atom. The van der Waals surface area contributed by atoms with Gasteiger partial charge in [0, 0.05) is 13.1 Å². The van der Waals surface area contributed by atoms with Crippen molar-refractivity contribution in [1.29, 1.82) is 0 Å². The molecule has 0 aliphatic heterocycles. The highest BCUT2D eigenvalue weighted by Gasteiger charge is 2.04. The number of rotatable bonds is 4. The summed E-state index contributed by atoms with van der Waals surface area (Å²) in [5.74, 6) is -0.170. The van der Waals surface area contributed by atoms with Crippen molar-refractivity contribution in [1.82, 2.24) is 4.90 Å². The molecule has 18 heavy (non-hydrogen) atoms. The molecule has 0 aliphatic rings. The molecular formula is C16H18FN. The zero-order valence-electron chi connectivity index (χ0n) is 10.9. The van der Waals surface area contributed by atoms with Crippen molar-refractivity contribution in [2.75, 3.05) is 7.05 Å². The van der Waals surface area contributed by atoms with E-state index in [4.69, 9.17) is 0 Å². The van der Waals surface area contributed by atoms with Gasteiger partial charge in [-0.1, -0.05) is 36.4 Å². The molecule has 0 aliphatic carbocycles. The molecule has 0 spiro atoms. The summed E-state index contributed by atoms with van der Waals surface area (Å²) < 4.78 is 13.1. The van der Waals surface area contributed by atoms with E-state index in [9.17, 15) is 4.39 Å². The monoisotopic (exact) mass is 243 g/mol. The van der Waals surface area contributed by atoms with Gasteiger partial charge in [0.05, 0.1) is 0 Å². The molecule has 0 radical (unpaired) electrons. The van der Waals surface area contributed by atoms with Crippen LogP contribution in [0.1, 0.15) is 16.7 Å². The Labute approximate surface area is 108 Å². The molecule has 0 N–H and O–H groups in total. The van der Waals surface area contributed by atoms with Crippen molar-refractivity contribution in [2.45, 2.75) is 20.0 Å². The summed E-state index contributed by atoms with van der Waals surface area (Å²) in [6, 6.07) is 15.1. The summed E-state index contributed by atoms with van der Waals surface area (Å²) in [6.07, 6.45) is 0. The van der Waals surface area contributed by atoms with Gasteiger partial charge in [-0.15, -0.1) is 0 Å². The molecule has 0 unspecified atom stereocenters. The second-order valence-electron chi connectivity index (χ2n) is 4.73. The lowest BCUT2D eigenvalue weighted by atomic mass is 10.1. The fourth-order valence-electron chi connectivity index (χ4n) is 2.08. The van der Waals surface area contributed by atoms with E-state index in [0.717, 1.165) is 18.7 Å². The fourth-order valence-corrected chi connectivity index (χ4v) is 2.08. The third kappa shape index (κ3) is 3.41. The zero-order chi connectivity index (χ0) is 13.0. The standard InChI is InChI=1S/C16H18FN/c1-13-6-3-4-8-15(13)12-18(2)11-14-7-5-9-16(17)10-14/h3-10H,11-12H2,1-2H3. The van der Waals surface area contributed by atoms with Crippen LogP contribution in [0.3, 0.4) is 0 Å². The van der Waals surface area contributed by atoms with Crippen molar-refractivity contribution < 1.29 is 4.39 Å². The van der Waals surface area contributed by atoms with E-state index in [1.165, 1.54) is 17.2 Å². The fraction of sp³-hybridized carbons (Fsp3) is 0.250. The summed E-state index contributed by atoms with van der Waals surface area (Å²) in [5, 5.41) is 0. The molecule has 2 aromatic carbocycles. The van der Waals surface area contributed by atoms with Gasteiger partial charge in [0.15, 0.2) is 0 Å². The molecule has 2 rings (SSSR count). The van der Waals surface area contributed by atoms with E-state index < -0.39 is 0 Å². The number of benzene rings is 2. The first-order chi connectivity index (χ1) is 8.65. The van der Waals surface area contributed by atoms with E-state index in [0.29, 0.717) is 0 Å². The summed E-state index contributed by atoms with van der Waals surface area (Å²) in [7, 11) is 2.05. The van der Waals surface area contributed by atoms with Gasteiger partial charge in [0.2, 0.25) is 0 Å². The Bertz CT molecular complexity index is 522. The number of hydrogen-bond acceptors (Lipinski definition) is 1. The van der Waals surface area contributed by atoms with Crippen LogP contribution in [-0.2, 0) is 13.1 Å². The van der Waals surface area contributed by atoms with Gasteiger partial charge in [-0.2, -0.15) is 0 Å². The molecule has 94 valence electrons. The van der Waals surface area contributed by atoms with Crippen LogP contribution in [0.25, 0.3) is 0 Å². The molecule has 1 nitrogen and oxygen atoms in total. The second-order valence-corrected chi connectivity index (χ2v) is 4.73. The van der Waals surface area contributed by atoms with Crippen molar-refractivity contribution in [3.8, 4) is 0 Å². The van der Waals surface area contributed by atoms with Gasteiger partial charge < -0.3 is 0 Å². The summed E-state index contributed by atoms with van der Waals surface area (Å²) in [5.41, 5.74) is 3.62. The molecule has 0 heterocycles. The van der Waals surface area contributed by atoms with Crippen LogP contribution in [0.5, 0.6) is 0 Å². The van der Waals surface area contributed by atoms with Gasteiger partial charge in [-0.3, -0.25) is 4.90 Å². The van der Waals surface area contributed by atoms with Crippen molar-refractivity contribution in [3.05, 3.63) is 71.0 Å². The molecule has 0 bridgehead atoms. The molecule has 0 aromatic heterocycles. The van der Waals surface area contributed by atoms with Gasteiger partial charge in [-0.25, -0.2) is 4.39 Å². The van der Waals surface area contributed by atoms with Gasteiger partial charge >= 0.3 is 0 Å². The van der Waals surface area contributed by atoms with Gasteiger partial charge in [0.1, 0.15) is 5.82 Å². The minimum absolute atomic E-state index is 0.170. The summed E-state index contributed by atoms with van der Waals surface area (Å²) in [6.45, 7) is 3.75. The summed E-state index contributed by atoms with van der Waals surface area (Å²) >= 11 is 0. The highest BCUT2D eigenvalue weighted by atomic mass is 19.1. The van der Waals surface area contributed by atoms with Crippen LogP contribution in [-0.4, -0.2) is 11.9 Å². The van der Waals surface area contributed by atoms with Crippen LogP contribution in [0, 0.1) is 12.7 Å². The maximum Gasteiger partial charge on any atom is 0.123 e. The molecule has 2 aromatic rings. The minimum atomic E-state index is -0.170. The topological polar surface area (TPSA) is 3.24 Å². The average Bonchev–Trinajstić information content (AvgIpc) is 2.32. The van der Waals surface area contributed by atoms with Crippen molar-refractivity contribution >= 4 is 0 Å². The molecule has 0 amide bonds. The number of halogens is 1. The normalized spacial score (nSPS) is 10.9.